The van der Waals surface area contributed by atoms with E-state index in [1.54, 1.807) is 11.8 Å². The average Bonchev–Trinajstić information content (AvgIpc) is 3.14. The second kappa shape index (κ2) is 6.86. The number of anilines is 1. The Morgan fingerprint density at radius 2 is 2.04 bits per heavy atom. The molecule has 0 radical (unpaired) electrons. The van der Waals surface area contributed by atoms with Crippen LogP contribution in [-0.2, 0) is 22.6 Å². The maximum Gasteiger partial charge on any atom is 0.227 e. The largest absolute Gasteiger partial charge is 0.361 e. The molecule has 1 aromatic heterocycles. The zero-order valence-corrected chi connectivity index (χ0v) is 14.0. The number of aryl methyl sites for hydroxylation is 2. The number of hydrogen-bond donors (Lipinski definition) is 1. The van der Waals surface area contributed by atoms with Crippen LogP contribution in [0.2, 0.25) is 0 Å². The molecule has 0 saturated carbocycles. The molecule has 0 unspecified atom stereocenters. The van der Waals surface area contributed by atoms with E-state index in [-0.39, 0.29) is 18.2 Å². The quantitative estimate of drug-likeness (QED) is 0.914. The van der Waals surface area contributed by atoms with Crippen LogP contribution in [0, 0.1) is 13.8 Å². The summed E-state index contributed by atoms with van der Waals surface area (Å²) in [5, 5.41) is 6.75. The molecule has 1 fully saturated rings. The first kappa shape index (κ1) is 16.2. The van der Waals surface area contributed by atoms with E-state index < -0.39 is 0 Å². The van der Waals surface area contributed by atoms with Gasteiger partial charge in [-0.2, -0.15) is 0 Å². The molecule has 6 heteroatoms. The molecule has 0 spiro atoms. The van der Waals surface area contributed by atoms with Gasteiger partial charge in [0.2, 0.25) is 11.8 Å². The number of aromatic nitrogens is 1. The van der Waals surface area contributed by atoms with Gasteiger partial charge in [0.15, 0.2) is 0 Å². The normalized spacial score (nSPS) is 14.2. The lowest BCUT2D eigenvalue weighted by Gasteiger charge is -2.16. The van der Waals surface area contributed by atoms with Crippen LogP contribution in [0.5, 0.6) is 0 Å². The van der Waals surface area contributed by atoms with Gasteiger partial charge in [-0.1, -0.05) is 17.3 Å². The summed E-state index contributed by atoms with van der Waals surface area (Å²) in [5.74, 6) is 0.793. The first-order valence-electron chi connectivity index (χ1n) is 8.12. The van der Waals surface area contributed by atoms with E-state index in [0.29, 0.717) is 18.7 Å². The molecule has 2 aromatic rings. The third-order valence-corrected chi connectivity index (χ3v) is 4.33. The van der Waals surface area contributed by atoms with E-state index in [1.807, 2.05) is 31.2 Å². The SMILES string of the molecule is Cc1noc(C)c1CC(=O)NCc1ccc(N2CCCC2=O)cc1. The van der Waals surface area contributed by atoms with Crippen LogP contribution in [-0.4, -0.2) is 23.5 Å². The maximum atomic E-state index is 12.1. The Kier molecular flexibility index (Phi) is 4.64. The van der Waals surface area contributed by atoms with Gasteiger partial charge < -0.3 is 14.7 Å². The van der Waals surface area contributed by atoms with Crippen molar-refractivity contribution in [3.05, 3.63) is 46.8 Å². The molecular weight excluding hydrogens is 306 g/mol. The number of rotatable bonds is 5. The van der Waals surface area contributed by atoms with Crippen LogP contribution < -0.4 is 10.2 Å². The van der Waals surface area contributed by atoms with Crippen LogP contribution in [0.3, 0.4) is 0 Å². The van der Waals surface area contributed by atoms with Gasteiger partial charge in [0.05, 0.1) is 12.1 Å². The fraction of sp³-hybridized carbons (Fsp3) is 0.389. The highest BCUT2D eigenvalue weighted by Gasteiger charge is 2.21. The Bertz CT molecular complexity index is 730. The highest BCUT2D eigenvalue weighted by molar-refractivity contribution is 5.95. The van der Waals surface area contributed by atoms with Crippen molar-refractivity contribution in [3.63, 3.8) is 0 Å². The maximum absolute atomic E-state index is 12.1. The Morgan fingerprint density at radius 3 is 2.62 bits per heavy atom. The Hall–Kier alpha value is -2.63. The van der Waals surface area contributed by atoms with Crippen LogP contribution in [0.1, 0.15) is 35.4 Å². The molecule has 2 heterocycles. The fourth-order valence-electron chi connectivity index (χ4n) is 2.89. The lowest BCUT2D eigenvalue weighted by Crippen LogP contribution is -2.25. The van der Waals surface area contributed by atoms with Crippen molar-refractivity contribution in [3.8, 4) is 0 Å². The highest BCUT2D eigenvalue weighted by Crippen LogP contribution is 2.21. The van der Waals surface area contributed by atoms with Crippen molar-refractivity contribution in [1.29, 1.82) is 0 Å². The summed E-state index contributed by atoms with van der Waals surface area (Å²) >= 11 is 0. The number of carbonyl (C=O) groups is 2. The lowest BCUT2D eigenvalue weighted by atomic mass is 10.1. The van der Waals surface area contributed by atoms with Gasteiger partial charge in [-0.3, -0.25) is 9.59 Å². The van der Waals surface area contributed by atoms with Crippen molar-refractivity contribution in [2.45, 2.75) is 39.7 Å². The molecule has 6 nitrogen and oxygen atoms in total. The zero-order valence-electron chi connectivity index (χ0n) is 14.0. The average molecular weight is 327 g/mol. The zero-order chi connectivity index (χ0) is 17.1. The summed E-state index contributed by atoms with van der Waals surface area (Å²) < 4.78 is 5.07. The fourth-order valence-corrected chi connectivity index (χ4v) is 2.89. The van der Waals surface area contributed by atoms with Crippen molar-refractivity contribution in [2.75, 3.05) is 11.4 Å². The number of nitrogens with zero attached hydrogens (tertiary/aromatic N) is 2. The van der Waals surface area contributed by atoms with E-state index in [9.17, 15) is 9.59 Å². The first-order valence-corrected chi connectivity index (χ1v) is 8.12. The van der Waals surface area contributed by atoms with Gasteiger partial charge in [-0.15, -0.1) is 0 Å². The Morgan fingerprint density at radius 1 is 1.29 bits per heavy atom. The topological polar surface area (TPSA) is 75.4 Å². The molecule has 1 aromatic carbocycles. The van der Waals surface area contributed by atoms with Crippen LogP contribution >= 0.6 is 0 Å². The number of nitrogens with one attached hydrogen (secondary N) is 1. The smallest absolute Gasteiger partial charge is 0.227 e. The minimum Gasteiger partial charge on any atom is -0.361 e. The van der Waals surface area contributed by atoms with Crippen molar-refractivity contribution >= 4 is 17.5 Å². The third kappa shape index (κ3) is 3.48. The summed E-state index contributed by atoms with van der Waals surface area (Å²) in [7, 11) is 0. The monoisotopic (exact) mass is 327 g/mol. The van der Waals surface area contributed by atoms with E-state index in [4.69, 9.17) is 4.52 Å². The minimum atomic E-state index is -0.0665. The third-order valence-electron chi connectivity index (χ3n) is 4.33. The summed E-state index contributed by atoms with van der Waals surface area (Å²) in [4.78, 5) is 25.6. The highest BCUT2D eigenvalue weighted by atomic mass is 16.5. The number of amides is 2. The molecule has 24 heavy (non-hydrogen) atoms. The van der Waals surface area contributed by atoms with E-state index in [1.165, 1.54) is 0 Å². The molecular formula is C18H21N3O3. The second-order valence-electron chi connectivity index (χ2n) is 6.07. The molecule has 1 aliphatic heterocycles. The van der Waals surface area contributed by atoms with Crippen LogP contribution in [0.4, 0.5) is 5.69 Å². The van der Waals surface area contributed by atoms with Gasteiger partial charge in [0.1, 0.15) is 5.76 Å². The predicted octanol–water partition coefficient (Wildman–Crippen LogP) is 2.28. The van der Waals surface area contributed by atoms with E-state index >= 15 is 0 Å². The van der Waals surface area contributed by atoms with Gasteiger partial charge in [-0.25, -0.2) is 0 Å². The lowest BCUT2D eigenvalue weighted by molar-refractivity contribution is -0.120. The summed E-state index contributed by atoms with van der Waals surface area (Å²) in [6.07, 6.45) is 1.80. The predicted molar refractivity (Wildman–Crippen MR) is 89.6 cm³/mol. The van der Waals surface area contributed by atoms with Crippen LogP contribution in [0.15, 0.2) is 28.8 Å². The number of benzene rings is 1. The van der Waals surface area contributed by atoms with Crippen molar-refractivity contribution < 1.29 is 14.1 Å². The van der Waals surface area contributed by atoms with Crippen molar-refractivity contribution in [1.82, 2.24) is 10.5 Å². The summed E-state index contributed by atoms with van der Waals surface area (Å²) in [6.45, 7) is 4.88. The Balaban J connectivity index is 1.55. The molecule has 3 rings (SSSR count). The van der Waals surface area contributed by atoms with Gasteiger partial charge in [0, 0.05) is 30.8 Å². The number of carbonyl (C=O) groups excluding carboxylic acids is 2. The molecule has 0 atom stereocenters. The van der Waals surface area contributed by atoms with E-state index in [0.717, 1.165) is 35.5 Å². The van der Waals surface area contributed by atoms with Crippen molar-refractivity contribution in [2.24, 2.45) is 0 Å². The first-order chi connectivity index (χ1) is 11.5. The molecule has 1 saturated heterocycles. The minimum absolute atomic E-state index is 0.0665. The molecule has 0 aliphatic carbocycles. The standard InChI is InChI=1S/C18H21N3O3/c1-12-16(13(2)24-20-12)10-17(22)19-11-14-5-7-15(8-6-14)21-9-3-4-18(21)23/h5-8H,3-4,9-11H2,1-2H3,(H,19,22). The second-order valence-corrected chi connectivity index (χ2v) is 6.07. The molecule has 1 aliphatic rings. The molecule has 0 bridgehead atoms. The molecule has 2 amide bonds. The Labute approximate surface area is 140 Å². The van der Waals surface area contributed by atoms with Gasteiger partial charge in [0.25, 0.3) is 0 Å². The number of hydrogen-bond acceptors (Lipinski definition) is 4. The van der Waals surface area contributed by atoms with Gasteiger partial charge >= 0.3 is 0 Å². The van der Waals surface area contributed by atoms with Gasteiger partial charge in [-0.05, 0) is 38.0 Å². The van der Waals surface area contributed by atoms with E-state index in [2.05, 4.69) is 10.5 Å². The summed E-state index contributed by atoms with van der Waals surface area (Å²) in [5.41, 5.74) is 3.51. The molecule has 1 N–H and O–H groups in total. The summed E-state index contributed by atoms with van der Waals surface area (Å²) in [6, 6.07) is 7.74. The molecule has 126 valence electrons. The van der Waals surface area contributed by atoms with Crippen LogP contribution in [0.25, 0.3) is 0 Å².